The topological polar surface area (TPSA) is 38.3 Å². The average molecular weight is 233 g/mol. The molecule has 0 bridgehead atoms. The van der Waals surface area contributed by atoms with Crippen molar-refractivity contribution < 1.29 is 22.7 Å². The minimum Gasteiger partial charge on any atom is -0.497 e. The Bertz CT molecular complexity index is 382. The van der Waals surface area contributed by atoms with E-state index in [9.17, 15) is 18.0 Å². The van der Waals surface area contributed by atoms with Crippen molar-refractivity contribution in [2.24, 2.45) is 0 Å². The molecule has 0 radical (unpaired) electrons. The van der Waals surface area contributed by atoms with Crippen LogP contribution in [0.25, 0.3) is 0 Å². The summed E-state index contributed by atoms with van der Waals surface area (Å²) in [6.07, 6.45) is -2.66. The third kappa shape index (κ3) is 3.15. The van der Waals surface area contributed by atoms with E-state index in [0.29, 0.717) is 0 Å². The summed E-state index contributed by atoms with van der Waals surface area (Å²) >= 11 is 0. The summed E-state index contributed by atoms with van der Waals surface area (Å²) in [7, 11) is 1.35. The van der Waals surface area contributed by atoms with E-state index >= 15 is 0 Å². The first-order chi connectivity index (χ1) is 7.54. The third-order valence-corrected chi connectivity index (χ3v) is 1.84. The van der Waals surface area contributed by atoms with Crippen LogP contribution in [0.15, 0.2) is 18.2 Å². The van der Waals surface area contributed by atoms with Gasteiger partial charge in [-0.2, -0.15) is 0 Å². The van der Waals surface area contributed by atoms with E-state index in [0.717, 1.165) is 6.07 Å². The molecule has 0 saturated carbocycles. The first kappa shape index (κ1) is 12.4. The number of hydrogen-bond acceptors (Lipinski definition) is 2. The van der Waals surface area contributed by atoms with Gasteiger partial charge in [-0.3, -0.25) is 4.79 Å². The fourth-order valence-electron chi connectivity index (χ4n) is 1.07. The Morgan fingerprint density at radius 3 is 2.69 bits per heavy atom. The lowest BCUT2D eigenvalue weighted by Gasteiger charge is -2.06. The van der Waals surface area contributed by atoms with Gasteiger partial charge >= 0.3 is 0 Å². The molecule has 0 aliphatic heterocycles. The molecule has 0 spiro atoms. The number of benzene rings is 1. The van der Waals surface area contributed by atoms with Gasteiger partial charge in [0.05, 0.1) is 19.2 Å². The third-order valence-electron chi connectivity index (χ3n) is 1.84. The molecule has 0 unspecified atom stereocenters. The van der Waals surface area contributed by atoms with Gasteiger partial charge in [-0.05, 0) is 12.1 Å². The van der Waals surface area contributed by atoms with E-state index < -0.39 is 24.7 Å². The van der Waals surface area contributed by atoms with Gasteiger partial charge in [-0.25, -0.2) is 13.2 Å². The second-order valence-corrected chi connectivity index (χ2v) is 2.95. The predicted octanol–water partition coefficient (Wildman–Crippen LogP) is 1.83. The molecule has 0 atom stereocenters. The van der Waals surface area contributed by atoms with Crippen LogP contribution in [0.1, 0.15) is 10.4 Å². The van der Waals surface area contributed by atoms with E-state index in [1.165, 1.54) is 19.2 Å². The highest BCUT2D eigenvalue weighted by Crippen LogP contribution is 2.16. The zero-order chi connectivity index (χ0) is 12.1. The highest BCUT2D eigenvalue weighted by Gasteiger charge is 2.13. The number of carbonyl (C=O) groups is 1. The van der Waals surface area contributed by atoms with Crippen molar-refractivity contribution in [1.29, 1.82) is 0 Å². The van der Waals surface area contributed by atoms with Crippen molar-refractivity contribution in [2.75, 3.05) is 13.7 Å². The van der Waals surface area contributed by atoms with Gasteiger partial charge in [0.1, 0.15) is 11.6 Å². The minimum atomic E-state index is -2.66. The highest BCUT2D eigenvalue weighted by molar-refractivity contribution is 5.94. The number of methoxy groups -OCH3 is 1. The van der Waals surface area contributed by atoms with Crippen molar-refractivity contribution in [3.63, 3.8) is 0 Å². The summed E-state index contributed by atoms with van der Waals surface area (Å²) in [5.41, 5.74) is -0.290. The molecule has 6 heteroatoms. The smallest absolute Gasteiger partial charge is 0.255 e. The second kappa shape index (κ2) is 5.39. The number of rotatable bonds is 4. The average Bonchev–Trinajstić information content (AvgIpc) is 2.25. The Morgan fingerprint density at radius 1 is 1.50 bits per heavy atom. The molecule has 3 nitrogen and oxygen atoms in total. The maximum absolute atomic E-state index is 13.3. The van der Waals surface area contributed by atoms with Crippen molar-refractivity contribution >= 4 is 5.91 Å². The largest absolute Gasteiger partial charge is 0.497 e. The fourth-order valence-corrected chi connectivity index (χ4v) is 1.07. The number of hydrogen-bond donors (Lipinski definition) is 1. The van der Waals surface area contributed by atoms with Crippen molar-refractivity contribution in [3.05, 3.63) is 29.6 Å². The van der Waals surface area contributed by atoms with E-state index in [1.54, 1.807) is 0 Å². The SMILES string of the molecule is COc1ccc(C(=O)NCC(F)F)c(F)c1. The van der Waals surface area contributed by atoms with Crippen LogP contribution in [0.2, 0.25) is 0 Å². The van der Waals surface area contributed by atoms with Gasteiger partial charge in [-0.1, -0.05) is 0 Å². The van der Waals surface area contributed by atoms with Gasteiger partial charge in [0.2, 0.25) is 0 Å². The normalized spacial score (nSPS) is 10.3. The summed E-state index contributed by atoms with van der Waals surface area (Å²) in [5.74, 6) is -1.44. The van der Waals surface area contributed by atoms with Crippen LogP contribution in [0, 0.1) is 5.82 Å². The van der Waals surface area contributed by atoms with Gasteiger partial charge in [0.25, 0.3) is 12.3 Å². The summed E-state index contributed by atoms with van der Waals surface area (Å²) in [6.45, 7) is -0.801. The van der Waals surface area contributed by atoms with Crippen LogP contribution in [-0.2, 0) is 0 Å². The van der Waals surface area contributed by atoms with Crippen LogP contribution >= 0.6 is 0 Å². The maximum atomic E-state index is 13.3. The lowest BCUT2D eigenvalue weighted by atomic mass is 10.2. The summed E-state index contributed by atoms with van der Waals surface area (Å²) in [5, 5.41) is 1.91. The van der Waals surface area contributed by atoms with Crippen molar-refractivity contribution in [3.8, 4) is 5.75 Å². The lowest BCUT2D eigenvalue weighted by molar-refractivity contribution is 0.0887. The second-order valence-electron chi connectivity index (χ2n) is 2.95. The molecule has 0 aliphatic rings. The number of ether oxygens (including phenoxy) is 1. The van der Waals surface area contributed by atoms with Gasteiger partial charge in [0, 0.05) is 6.07 Å². The molecule has 1 aromatic rings. The number of amides is 1. The zero-order valence-electron chi connectivity index (χ0n) is 8.47. The number of alkyl halides is 2. The molecular formula is C10H10F3NO2. The first-order valence-electron chi connectivity index (χ1n) is 4.44. The Kier molecular flexibility index (Phi) is 4.16. The number of nitrogens with one attached hydrogen (secondary N) is 1. The van der Waals surface area contributed by atoms with Crippen LogP contribution in [-0.4, -0.2) is 26.0 Å². The summed E-state index contributed by atoms with van der Waals surface area (Å²) < 4.78 is 41.6. The van der Waals surface area contributed by atoms with Gasteiger partial charge < -0.3 is 10.1 Å². The standard InChI is InChI=1S/C10H10F3NO2/c1-16-6-2-3-7(8(11)4-6)10(15)14-5-9(12)13/h2-4,9H,5H2,1H3,(H,14,15). The molecule has 1 rings (SSSR count). The number of carbonyl (C=O) groups excluding carboxylic acids is 1. The monoisotopic (exact) mass is 233 g/mol. The van der Waals surface area contributed by atoms with Crippen molar-refractivity contribution in [1.82, 2.24) is 5.32 Å². The molecule has 1 N–H and O–H groups in total. The first-order valence-corrected chi connectivity index (χ1v) is 4.44. The van der Waals surface area contributed by atoms with Crippen LogP contribution in [0.5, 0.6) is 5.75 Å². The molecule has 0 aliphatic carbocycles. The Labute approximate surface area is 90.2 Å². The molecule has 0 aromatic heterocycles. The van der Waals surface area contributed by atoms with E-state index in [1.807, 2.05) is 5.32 Å². The van der Waals surface area contributed by atoms with E-state index in [4.69, 9.17) is 4.74 Å². The van der Waals surface area contributed by atoms with Gasteiger partial charge in [-0.15, -0.1) is 0 Å². The van der Waals surface area contributed by atoms with Crippen LogP contribution < -0.4 is 10.1 Å². The zero-order valence-corrected chi connectivity index (χ0v) is 8.47. The Morgan fingerprint density at radius 2 is 2.19 bits per heavy atom. The quantitative estimate of drug-likeness (QED) is 0.861. The minimum absolute atomic E-state index is 0.253. The fraction of sp³-hybridized carbons (Fsp3) is 0.300. The molecule has 1 aromatic carbocycles. The highest BCUT2D eigenvalue weighted by atomic mass is 19.3. The van der Waals surface area contributed by atoms with Crippen molar-refractivity contribution in [2.45, 2.75) is 6.43 Å². The predicted molar refractivity (Wildman–Crippen MR) is 51.3 cm³/mol. The van der Waals surface area contributed by atoms with E-state index in [-0.39, 0.29) is 11.3 Å². The number of halogens is 3. The lowest BCUT2D eigenvalue weighted by Crippen LogP contribution is -2.29. The summed E-state index contributed by atoms with van der Waals surface area (Å²) in [6, 6.07) is 3.56. The maximum Gasteiger partial charge on any atom is 0.255 e. The molecule has 88 valence electrons. The molecule has 0 heterocycles. The molecule has 16 heavy (non-hydrogen) atoms. The summed E-state index contributed by atoms with van der Waals surface area (Å²) in [4.78, 5) is 11.2. The Hall–Kier alpha value is -1.72. The van der Waals surface area contributed by atoms with Crippen LogP contribution in [0.3, 0.4) is 0 Å². The molecule has 1 amide bonds. The van der Waals surface area contributed by atoms with Gasteiger partial charge in [0.15, 0.2) is 0 Å². The Balaban J connectivity index is 2.76. The van der Waals surface area contributed by atoms with Crippen LogP contribution in [0.4, 0.5) is 13.2 Å². The molecule has 0 saturated heterocycles. The molecular weight excluding hydrogens is 223 g/mol. The van der Waals surface area contributed by atoms with E-state index in [2.05, 4.69) is 0 Å². The molecule has 0 fully saturated rings.